The van der Waals surface area contributed by atoms with Crippen LogP contribution in [0.2, 0.25) is 0 Å². The molecule has 0 aliphatic carbocycles. The zero-order valence-electron chi connectivity index (χ0n) is 13.9. The molecule has 0 saturated heterocycles. The second kappa shape index (κ2) is 6.36. The molecule has 0 radical (unpaired) electrons. The van der Waals surface area contributed by atoms with Crippen molar-refractivity contribution in [3.05, 3.63) is 65.2 Å². The summed E-state index contributed by atoms with van der Waals surface area (Å²) in [7, 11) is -1.03. The van der Waals surface area contributed by atoms with E-state index in [-0.39, 0.29) is 21.6 Å². The van der Waals surface area contributed by atoms with Gasteiger partial charge in [-0.3, -0.25) is 9.59 Å². The fraction of sp³-hybridized carbons (Fsp3) is 0.118. The third-order valence-electron chi connectivity index (χ3n) is 3.78. The number of benzene rings is 2. The average molecular weight is 374 g/mol. The number of hydroxylamine groups is 2. The first kappa shape index (κ1) is 17.8. The summed E-state index contributed by atoms with van der Waals surface area (Å²) in [6.07, 6.45) is 0. The van der Waals surface area contributed by atoms with E-state index < -0.39 is 27.8 Å². The van der Waals surface area contributed by atoms with Crippen LogP contribution in [0.3, 0.4) is 0 Å². The Hall–Kier alpha value is -3.04. The number of hydrogen-bond acceptors (Lipinski definition) is 6. The molecule has 26 heavy (non-hydrogen) atoms. The van der Waals surface area contributed by atoms with E-state index in [1.54, 1.807) is 12.1 Å². The lowest BCUT2D eigenvalue weighted by atomic mass is 10.1. The van der Waals surface area contributed by atoms with Crippen LogP contribution in [0.4, 0.5) is 0 Å². The molecule has 0 atom stereocenters. The third-order valence-corrected chi connectivity index (χ3v) is 5.59. The van der Waals surface area contributed by atoms with Crippen molar-refractivity contribution >= 4 is 27.8 Å². The van der Waals surface area contributed by atoms with Gasteiger partial charge >= 0.3 is 5.97 Å². The molecule has 2 aromatic rings. The molecule has 0 fully saturated rings. The molecule has 0 aromatic heterocycles. The van der Waals surface area contributed by atoms with Crippen LogP contribution in [0.5, 0.6) is 0 Å². The number of amides is 2. The Morgan fingerprint density at radius 3 is 2.08 bits per heavy atom. The summed E-state index contributed by atoms with van der Waals surface area (Å²) in [5, 5.41) is 0.375. The van der Waals surface area contributed by atoms with E-state index in [0.29, 0.717) is 5.06 Å². The van der Waals surface area contributed by atoms with Crippen LogP contribution < -0.4 is 0 Å². The van der Waals surface area contributed by atoms with Crippen molar-refractivity contribution in [3.8, 4) is 0 Å². The minimum absolute atomic E-state index is 0.107. The predicted molar refractivity (Wildman–Crippen MR) is 89.7 cm³/mol. The van der Waals surface area contributed by atoms with Crippen LogP contribution in [0.25, 0.3) is 0 Å². The second-order valence-corrected chi connectivity index (χ2v) is 7.80. The Labute approximate surface area is 149 Å². The van der Waals surface area contributed by atoms with Gasteiger partial charge in [-0.1, -0.05) is 23.3 Å². The molecule has 0 unspecified atom stereocenters. The molecule has 9 heteroatoms. The molecule has 0 N–H and O–H groups in total. The van der Waals surface area contributed by atoms with Gasteiger partial charge in [-0.2, -0.15) is 0 Å². The number of hydrogen-bond donors (Lipinski definition) is 0. The molecule has 2 aromatic carbocycles. The lowest BCUT2D eigenvalue weighted by molar-refractivity contribution is -0.0584. The molecule has 8 nitrogen and oxygen atoms in total. The van der Waals surface area contributed by atoms with Crippen LogP contribution in [0.1, 0.15) is 31.1 Å². The maximum atomic E-state index is 12.3. The van der Waals surface area contributed by atoms with Crippen molar-refractivity contribution in [2.24, 2.45) is 0 Å². The zero-order chi connectivity index (χ0) is 19.1. The van der Waals surface area contributed by atoms with Crippen LogP contribution >= 0.6 is 0 Å². The minimum Gasteiger partial charge on any atom is -0.324 e. The van der Waals surface area contributed by atoms with Gasteiger partial charge in [0.1, 0.15) is 0 Å². The van der Waals surface area contributed by atoms with Gasteiger partial charge in [0.05, 0.1) is 21.6 Å². The maximum absolute atomic E-state index is 12.3. The van der Waals surface area contributed by atoms with Crippen molar-refractivity contribution in [2.75, 3.05) is 14.1 Å². The highest BCUT2D eigenvalue weighted by atomic mass is 32.2. The molecule has 1 aliphatic rings. The van der Waals surface area contributed by atoms with E-state index in [0.717, 1.165) is 10.4 Å². The van der Waals surface area contributed by atoms with E-state index in [1.165, 1.54) is 44.4 Å². The first-order chi connectivity index (χ1) is 12.2. The monoisotopic (exact) mass is 374 g/mol. The van der Waals surface area contributed by atoms with Gasteiger partial charge in [-0.05, 0) is 30.3 Å². The van der Waals surface area contributed by atoms with E-state index in [9.17, 15) is 22.8 Å². The third kappa shape index (κ3) is 2.87. The topological polar surface area (TPSA) is 101 Å². The van der Waals surface area contributed by atoms with Crippen molar-refractivity contribution in [1.82, 2.24) is 9.37 Å². The quantitative estimate of drug-likeness (QED) is 0.748. The molecular formula is C17H14N2O6S. The summed E-state index contributed by atoms with van der Waals surface area (Å²) in [4.78, 5) is 41.6. The smallest absolute Gasteiger partial charge is 0.324 e. The fourth-order valence-corrected chi connectivity index (χ4v) is 3.33. The minimum atomic E-state index is -3.75. The second-order valence-electron chi connectivity index (χ2n) is 5.64. The molecule has 3 rings (SSSR count). The first-order valence-electron chi connectivity index (χ1n) is 7.46. The lowest BCUT2D eigenvalue weighted by Crippen LogP contribution is -2.32. The Morgan fingerprint density at radius 2 is 1.54 bits per heavy atom. The highest BCUT2D eigenvalue weighted by Gasteiger charge is 2.38. The number of rotatable bonds is 4. The van der Waals surface area contributed by atoms with Gasteiger partial charge < -0.3 is 4.84 Å². The van der Waals surface area contributed by atoms with Crippen LogP contribution in [0, 0.1) is 0 Å². The Balaban J connectivity index is 1.86. The summed E-state index contributed by atoms with van der Waals surface area (Å²) in [6, 6.07) is 11.2. The highest BCUT2D eigenvalue weighted by Crippen LogP contribution is 2.24. The largest absolute Gasteiger partial charge is 0.363 e. The molecular weight excluding hydrogens is 360 g/mol. The normalized spacial score (nSPS) is 13.9. The number of carbonyl (C=O) groups is 3. The maximum Gasteiger partial charge on any atom is 0.363 e. The molecule has 1 aliphatic heterocycles. The van der Waals surface area contributed by atoms with Gasteiger partial charge in [0.15, 0.2) is 0 Å². The molecule has 0 spiro atoms. The van der Waals surface area contributed by atoms with Gasteiger partial charge in [-0.15, -0.1) is 0 Å². The molecule has 1 heterocycles. The summed E-state index contributed by atoms with van der Waals surface area (Å²) >= 11 is 0. The van der Waals surface area contributed by atoms with E-state index >= 15 is 0 Å². The lowest BCUT2D eigenvalue weighted by Gasteiger charge is -2.14. The fourth-order valence-electron chi connectivity index (χ4n) is 2.38. The van der Waals surface area contributed by atoms with Gasteiger partial charge in [0.2, 0.25) is 10.0 Å². The van der Waals surface area contributed by atoms with Crippen LogP contribution in [0.15, 0.2) is 53.4 Å². The number of sulfonamides is 1. The number of nitrogens with zero attached hydrogens (tertiary/aromatic N) is 2. The van der Waals surface area contributed by atoms with Crippen LogP contribution in [-0.4, -0.2) is 49.7 Å². The highest BCUT2D eigenvalue weighted by molar-refractivity contribution is 7.89. The van der Waals surface area contributed by atoms with Gasteiger partial charge in [0.25, 0.3) is 11.8 Å². The predicted octanol–water partition coefficient (Wildman–Crippen LogP) is 1.30. The Kier molecular flexibility index (Phi) is 4.34. The number of fused-ring (bicyclic) bond motifs is 1. The summed E-state index contributed by atoms with van der Waals surface area (Å²) in [5.74, 6) is -2.53. The van der Waals surface area contributed by atoms with E-state index in [2.05, 4.69) is 0 Å². The summed E-state index contributed by atoms with van der Waals surface area (Å²) in [6.45, 7) is 0. The average Bonchev–Trinajstić information content (AvgIpc) is 2.87. The van der Waals surface area contributed by atoms with Crippen molar-refractivity contribution in [2.45, 2.75) is 4.90 Å². The summed E-state index contributed by atoms with van der Waals surface area (Å²) in [5.41, 5.74) is 0.160. The van der Waals surface area contributed by atoms with Gasteiger partial charge in [0, 0.05) is 14.1 Å². The van der Waals surface area contributed by atoms with Crippen molar-refractivity contribution in [1.29, 1.82) is 0 Å². The first-order valence-corrected chi connectivity index (χ1v) is 8.90. The molecule has 2 amide bonds. The number of carbonyl (C=O) groups excluding carboxylic acids is 3. The molecule has 0 saturated carbocycles. The molecule has 0 bridgehead atoms. The Morgan fingerprint density at radius 1 is 0.962 bits per heavy atom. The van der Waals surface area contributed by atoms with Crippen molar-refractivity contribution < 1.29 is 27.6 Å². The summed E-state index contributed by atoms with van der Waals surface area (Å²) < 4.78 is 25.3. The van der Waals surface area contributed by atoms with Crippen molar-refractivity contribution in [3.63, 3.8) is 0 Å². The Bertz CT molecular complexity index is 994. The van der Waals surface area contributed by atoms with Crippen LogP contribution in [-0.2, 0) is 14.9 Å². The van der Waals surface area contributed by atoms with Gasteiger partial charge in [-0.25, -0.2) is 17.5 Å². The zero-order valence-corrected chi connectivity index (χ0v) is 14.7. The standard InChI is InChI=1S/C17H14N2O6S/c1-18(2)26(23,24)12-7-5-6-11(10-12)17(22)25-19-15(20)13-8-3-4-9-14(13)16(19)21/h3-10H,1-2H3. The number of imide groups is 1. The molecule has 134 valence electrons. The van der Waals surface area contributed by atoms with E-state index in [1.807, 2.05) is 0 Å². The SMILES string of the molecule is CN(C)S(=O)(=O)c1cccc(C(=O)ON2C(=O)c3ccccc3C2=O)c1. The van der Waals surface area contributed by atoms with E-state index in [4.69, 9.17) is 4.84 Å².